The van der Waals surface area contributed by atoms with E-state index < -0.39 is 5.60 Å². The lowest BCUT2D eigenvalue weighted by atomic mass is 9.48. The minimum Gasteiger partial charge on any atom is -0.390 e. The molecule has 0 amide bonds. The van der Waals surface area contributed by atoms with Gasteiger partial charge in [0.1, 0.15) is 0 Å². The average molecular weight is 447 g/mol. The second-order valence-corrected chi connectivity index (χ2v) is 13.1. The van der Waals surface area contributed by atoms with E-state index in [2.05, 4.69) is 43.9 Å². The fraction of sp³-hybridized carbons (Fsp3) is 0.767. The fourth-order valence-electron chi connectivity index (χ4n) is 9.95. The molecule has 4 fully saturated rings. The van der Waals surface area contributed by atoms with E-state index in [1.807, 2.05) is 6.07 Å². The highest BCUT2D eigenvalue weighted by Crippen LogP contribution is 2.65. The first kappa shape index (κ1) is 22.1. The lowest BCUT2D eigenvalue weighted by Gasteiger charge is -2.57. The van der Waals surface area contributed by atoms with E-state index in [0.717, 1.165) is 67.0 Å². The van der Waals surface area contributed by atoms with Crippen LogP contribution in [0.25, 0.3) is 0 Å². The standard InChI is InChI=1S/C30H42N2O/c1-19(32-17-22-5-4-20(16-31)14-23(22)18-32)27-8-9-28-26-7-6-21-15-29(2,33)12-10-24(21)25(26)11-13-30(27,28)3/h4-5,14,19,21,24-28,33H,6-13,15,17-18H2,1-3H3/t19-,21-,24+,25-,26-,27-,28+,29-,30-/m1/s1. The zero-order valence-electron chi connectivity index (χ0n) is 20.9. The number of hydrogen-bond donors (Lipinski definition) is 1. The Morgan fingerprint density at radius 3 is 2.58 bits per heavy atom. The van der Waals surface area contributed by atoms with Gasteiger partial charge in [0.05, 0.1) is 17.2 Å². The van der Waals surface area contributed by atoms with Crippen molar-refractivity contribution < 1.29 is 5.11 Å². The molecule has 0 saturated heterocycles. The van der Waals surface area contributed by atoms with E-state index in [9.17, 15) is 10.4 Å². The van der Waals surface area contributed by atoms with Gasteiger partial charge in [0.25, 0.3) is 0 Å². The van der Waals surface area contributed by atoms with Gasteiger partial charge < -0.3 is 5.11 Å². The summed E-state index contributed by atoms with van der Waals surface area (Å²) in [6, 6.07) is 9.22. The Bertz CT molecular complexity index is 963. The molecule has 4 aliphatic carbocycles. The van der Waals surface area contributed by atoms with E-state index >= 15 is 0 Å². The molecule has 3 heteroatoms. The summed E-state index contributed by atoms with van der Waals surface area (Å²) in [4.78, 5) is 2.70. The summed E-state index contributed by atoms with van der Waals surface area (Å²) < 4.78 is 0. The van der Waals surface area contributed by atoms with Gasteiger partial charge >= 0.3 is 0 Å². The van der Waals surface area contributed by atoms with Crippen LogP contribution < -0.4 is 0 Å². The maximum atomic E-state index is 10.7. The number of nitrogens with zero attached hydrogens (tertiary/aromatic N) is 2. The molecule has 33 heavy (non-hydrogen) atoms. The van der Waals surface area contributed by atoms with Gasteiger partial charge in [-0.3, -0.25) is 4.90 Å². The summed E-state index contributed by atoms with van der Waals surface area (Å²) in [5.41, 5.74) is 3.67. The number of nitriles is 1. The maximum absolute atomic E-state index is 10.7. The van der Waals surface area contributed by atoms with Crippen LogP contribution in [0.3, 0.4) is 0 Å². The minimum absolute atomic E-state index is 0.410. The number of fused-ring (bicyclic) bond motifs is 6. The lowest BCUT2D eigenvalue weighted by Crippen LogP contribution is -2.52. The molecule has 4 saturated carbocycles. The van der Waals surface area contributed by atoms with Crippen molar-refractivity contribution in [1.82, 2.24) is 4.90 Å². The van der Waals surface area contributed by atoms with Gasteiger partial charge in [-0.2, -0.15) is 5.26 Å². The quantitative estimate of drug-likeness (QED) is 0.581. The Hall–Kier alpha value is -1.37. The first-order valence-corrected chi connectivity index (χ1v) is 13.8. The molecule has 0 bridgehead atoms. The van der Waals surface area contributed by atoms with Gasteiger partial charge in [-0.15, -0.1) is 0 Å². The number of rotatable bonds is 2. The highest BCUT2D eigenvalue weighted by atomic mass is 16.3. The number of benzene rings is 1. The third-order valence-electron chi connectivity index (χ3n) is 11.6. The molecule has 5 aliphatic rings. The maximum Gasteiger partial charge on any atom is 0.0991 e. The molecule has 1 aromatic carbocycles. The molecule has 6 rings (SSSR count). The van der Waals surface area contributed by atoms with Crippen molar-refractivity contribution in [1.29, 1.82) is 5.26 Å². The molecule has 0 unspecified atom stereocenters. The van der Waals surface area contributed by atoms with Crippen LogP contribution >= 0.6 is 0 Å². The van der Waals surface area contributed by atoms with Crippen molar-refractivity contribution in [2.75, 3.05) is 0 Å². The van der Waals surface area contributed by atoms with Crippen molar-refractivity contribution >= 4 is 0 Å². The van der Waals surface area contributed by atoms with Crippen LogP contribution in [0.5, 0.6) is 0 Å². The largest absolute Gasteiger partial charge is 0.390 e. The van der Waals surface area contributed by atoms with Crippen molar-refractivity contribution in [3.05, 3.63) is 34.9 Å². The monoisotopic (exact) mass is 446 g/mol. The predicted octanol–water partition coefficient (Wildman–Crippen LogP) is 6.28. The molecule has 9 atom stereocenters. The molecular formula is C30H42N2O. The Kier molecular flexibility index (Phi) is 5.24. The summed E-state index contributed by atoms with van der Waals surface area (Å²) in [6.45, 7) is 9.31. The smallest absolute Gasteiger partial charge is 0.0991 e. The first-order chi connectivity index (χ1) is 15.8. The molecule has 0 radical (unpaired) electrons. The van der Waals surface area contributed by atoms with Crippen molar-refractivity contribution in [3.8, 4) is 6.07 Å². The van der Waals surface area contributed by atoms with Crippen LogP contribution in [-0.4, -0.2) is 21.6 Å². The summed E-state index contributed by atoms with van der Waals surface area (Å²) in [5.74, 6) is 5.20. The van der Waals surface area contributed by atoms with Gasteiger partial charge in [0.2, 0.25) is 0 Å². The molecule has 3 nitrogen and oxygen atoms in total. The molecule has 0 spiro atoms. The van der Waals surface area contributed by atoms with Crippen LogP contribution in [0.4, 0.5) is 0 Å². The third kappa shape index (κ3) is 3.51. The molecule has 0 aromatic heterocycles. The summed E-state index contributed by atoms with van der Waals surface area (Å²) >= 11 is 0. The van der Waals surface area contributed by atoms with Crippen LogP contribution in [0.15, 0.2) is 18.2 Å². The molecular weight excluding hydrogens is 404 g/mol. The SMILES string of the molecule is C[C@H]([C@H]1CC[C@H]2[C@@H]3CC[C@@H]4C[C@](C)(O)CC[C@@H]4[C@H]3CC[C@]12C)N1Cc2ccc(C#N)cc2C1. The molecule has 1 aliphatic heterocycles. The van der Waals surface area contributed by atoms with E-state index in [1.165, 1.54) is 56.1 Å². The van der Waals surface area contributed by atoms with Gasteiger partial charge in [-0.1, -0.05) is 13.0 Å². The second-order valence-electron chi connectivity index (χ2n) is 13.1. The van der Waals surface area contributed by atoms with Crippen LogP contribution in [0.1, 0.15) is 95.2 Å². The van der Waals surface area contributed by atoms with Gasteiger partial charge in [-0.25, -0.2) is 0 Å². The van der Waals surface area contributed by atoms with Gasteiger partial charge in [-0.05, 0) is 136 Å². The van der Waals surface area contributed by atoms with Crippen molar-refractivity contribution in [2.24, 2.45) is 40.9 Å². The van der Waals surface area contributed by atoms with E-state index in [-0.39, 0.29) is 0 Å². The normalized spacial score (nSPS) is 45.4. The zero-order valence-corrected chi connectivity index (χ0v) is 20.9. The van der Waals surface area contributed by atoms with Gasteiger partial charge in [0.15, 0.2) is 0 Å². The lowest BCUT2D eigenvalue weighted by molar-refractivity contribution is -0.104. The fourth-order valence-corrected chi connectivity index (χ4v) is 9.95. The Balaban J connectivity index is 1.18. The molecule has 178 valence electrons. The third-order valence-corrected chi connectivity index (χ3v) is 11.6. The average Bonchev–Trinajstić information content (AvgIpc) is 3.37. The van der Waals surface area contributed by atoms with E-state index in [0.29, 0.717) is 11.5 Å². The summed E-state index contributed by atoms with van der Waals surface area (Å²) in [7, 11) is 0. The van der Waals surface area contributed by atoms with Crippen molar-refractivity contribution in [2.45, 2.75) is 103 Å². The summed E-state index contributed by atoms with van der Waals surface area (Å²) in [6.07, 6.45) is 11.8. The Labute approximate surface area is 200 Å². The molecule has 1 heterocycles. The second kappa shape index (κ2) is 7.82. The number of hydrogen-bond acceptors (Lipinski definition) is 3. The Morgan fingerprint density at radius 2 is 1.76 bits per heavy atom. The van der Waals surface area contributed by atoms with Crippen LogP contribution in [-0.2, 0) is 13.1 Å². The topological polar surface area (TPSA) is 47.3 Å². The van der Waals surface area contributed by atoms with Crippen LogP contribution in [0, 0.1) is 52.3 Å². The van der Waals surface area contributed by atoms with Gasteiger partial charge in [0, 0.05) is 19.1 Å². The van der Waals surface area contributed by atoms with E-state index in [1.54, 1.807) is 0 Å². The van der Waals surface area contributed by atoms with Crippen LogP contribution in [0.2, 0.25) is 0 Å². The Morgan fingerprint density at radius 1 is 0.970 bits per heavy atom. The predicted molar refractivity (Wildman–Crippen MR) is 131 cm³/mol. The molecule has 1 aromatic rings. The highest BCUT2D eigenvalue weighted by Gasteiger charge is 2.58. The van der Waals surface area contributed by atoms with E-state index in [4.69, 9.17) is 0 Å². The minimum atomic E-state index is -0.410. The highest BCUT2D eigenvalue weighted by molar-refractivity contribution is 5.40. The first-order valence-electron chi connectivity index (χ1n) is 13.8. The van der Waals surface area contributed by atoms with Crippen molar-refractivity contribution in [3.63, 3.8) is 0 Å². The zero-order chi connectivity index (χ0) is 23.0. The number of aliphatic hydroxyl groups is 1. The summed E-state index contributed by atoms with van der Waals surface area (Å²) in [5, 5.41) is 20.0. The molecule has 1 N–H and O–H groups in total.